The molecule has 0 aromatic carbocycles. The molecule has 1 aliphatic rings. The molecule has 0 saturated carbocycles. The fourth-order valence-electron chi connectivity index (χ4n) is 2.90. The fraction of sp³-hybridized carbons (Fsp3) is 0.867. The molecule has 1 aliphatic heterocycles. The molecule has 1 fully saturated rings. The van der Waals surface area contributed by atoms with E-state index < -0.39 is 34.8 Å². The normalized spacial score (nSPS) is 26.8. The summed E-state index contributed by atoms with van der Waals surface area (Å²) in [7, 11) is 1.47. The van der Waals surface area contributed by atoms with Crippen molar-refractivity contribution in [1.29, 1.82) is 0 Å². The van der Waals surface area contributed by atoms with Crippen molar-refractivity contribution in [1.82, 2.24) is 4.90 Å². The number of aliphatic carboxylic acids is 1. The Bertz CT molecular complexity index is 421. The Balaban J connectivity index is 3.30. The highest BCUT2D eigenvalue weighted by Crippen LogP contribution is 2.47. The molecule has 122 valence electrons. The van der Waals surface area contributed by atoms with E-state index in [1.807, 2.05) is 20.8 Å². The Labute approximate surface area is 126 Å². The summed E-state index contributed by atoms with van der Waals surface area (Å²) >= 11 is 0. The molecule has 2 atom stereocenters. The van der Waals surface area contributed by atoms with Gasteiger partial charge in [-0.2, -0.15) is 0 Å². The molecule has 1 amide bonds. The minimum absolute atomic E-state index is 0.337. The second-order valence-electron chi connectivity index (χ2n) is 7.49. The van der Waals surface area contributed by atoms with Gasteiger partial charge in [-0.3, -0.25) is 4.90 Å². The van der Waals surface area contributed by atoms with Gasteiger partial charge in [0.25, 0.3) is 0 Å². The second-order valence-corrected chi connectivity index (χ2v) is 7.49. The predicted molar refractivity (Wildman–Crippen MR) is 77.9 cm³/mol. The molecule has 21 heavy (non-hydrogen) atoms. The minimum atomic E-state index is -1.34. The van der Waals surface area contributed by atoms with E-state index in [1.165, 1.54) is 12.0 Å². The Kier molecular flexibility index (Phi) is 4.63. The van der Waals surface area contributed by atoms with Gasteiger partial charge in [0.15, 0.2) is 5.54 Å². The van der Waals surface area contributed by atoms with Gasteiger partial charge in [0.1, 0.15) is 11.8 Å². The van der Waals surface area contributed by atoms with E-state index in [2.05, 4.69) is 0 Å². The van der Waals surface area contributed by atoms with Gasteiger partial charge in [-0.15, -0.1) is 0 Å². The largest absolute Gasteiger partial charge is 0.479 e. The summed E-state index contributed by atoms with van der Waals surface area (Å²) in [5.41, 5.74) is -2.68. The standard InChI is InChI=1S/C15H27NO5/c1-13(2,3)15(11(17)18)9-8-10(20-7)16(15)12(19)21-14(4,5)6/h10H,8-9H2,1-7H3,(H,17,18). The zero-order valence-electron chi connectivity index (χ0n) is 14.0. The highest BCUT2D eigenvalue weighted by molar-refractivity contribution is 5.86. The van der Waals surface area contributed by atoms with Crippen LogP contribution >= 0.6 is 0 Å². The summed E-state index contributed by atoms with van der Waals surface area (Å²) < 4.78 is 10.7. The number of hydrogen-bond acceptors (Lipinski definition) is 4. The van der Waals surface area contributed by atoms with E-state index in [9.17, 15) is 14.7 Å². The number of carbonyl (C=O) groups excluding carboxylic acids is 1. The first kappa shape index (κ1) is 17.8. The summed E-state index contributed by atoms with van der Waals surface area (Å²) in [6, 6.07) is 0. The lowest BCUT2D eigenvalue weighted by molar-refractivity contribution is -0.163. The van der Waals surface area contributed by atoms with Crippen LogP contribution in [-0.4, -0.2) is 46.5 Å². The molecular formula is C15H27NO5. The second kappa shape index (κ2) is 5.48. The van der Waals surface area contributed by atoms with Crippen molar-refractivity contribution in [3.63, 3.8) is 0 Å². The average molecular weight is 301 g/mol. The number of likely N-dealkylation sites (tertiary alicyclic amines) is 1. The van der Waals surface area contributed by atoms with Crippen LogP contribution in [0.4, 0.5) is 4.79 Å². The maximum absolute atomic E-state index is 12.6. The summed E-state index contributed by atoms with van der Waals surface area (Å²) in [6.45, 7) is 10.7. The number of amides is 1. The van der Waals surface area contributed by atoms with Gasteiger partial charge in [0.05, 0.1) is 0 Å². The zero-order valence-corrected chi connectivity index (χ0v) is 14.0. The molecule has 0 spiro atoms. The van der Waals surface area contributed by atoms with E-state index in [0.717, 1.165) is 0 Å². The topological polar surface area (TPSA) is 76.1 Å². The first-order chi connectivity index (χ1) is 9.37. The van der Waals surface area contributed by atoms with Crippen LogP contribution in [0.1, 0.15) is 54.4 Å². The quantitative estimate of drug-likeness (QED) is 0.848. The van der Waals surface area contributed by atoms with Gasteiger partial charge in [0, 0.05) is 7.11 Å². The number of hydrogen-bond donors (Lipinski definition) is 1. The van der Waals surface area contributed by atoms with Gasteiger partial charge >= 0.3 is 12.1 Å². The van der Waals surface area contributed by atoms with Crippen LogP contribution in [0.15, 0.2) is 0 Å². The maximum Gasteiger partial charge on any atom is 0.413 e. The average Bonchev–Trinajstić information content (AvgIpc) is 2.65. The lowest BCUT2D eigenvalue weighted by Gasteiger charge is -2.45. The molecule has 0 aromatic rings. The molecule has 6 heteroatoms. The van der Waals surface area contributed by atoms with E-state index in [4.69, 9.17) is 9.47 Å². The first-order valence-corrected chi connectivity index (χ1v) is 7.15. The lowest BCUT2D eigenvalue weighted by atomic mass is 9.72. The lowest BCUT2D eigenvalue weighted by Crippen LogP contribution is -2.63. The van der Waals surface area contributed by atoms with E-state index >= 15 is 0 Å². The molecule has 2 unspecified atom stereocenters. The third kappa shape index (κ3) is 3.15. The van der Waals surface area contributed by atoms with Crippen molar-refractivity contribution in [3.05, 3.63) is 0 Å². The van der Waals surface area contributed by atoms with Crippen molar-refractivity contribution in [2.45, 2.75) is 71.8 Å². The van der Waals surface area contributed by atoms with Gasteiger partial charge in [-0.1, -0.05) is 20.8 Å². The molecule has 0 bridgehead atoms. The summed E-state index contributed by atoms with van der Waals surface area (Å²) in [6.07, 6.45) is -0.428. The molecule has 0 aromatic heterocycles. The van der Waals surface area contributed by atoms with Crippen LogP contribution in [0.25, 0.3) is 0 Å². The van der Waals surface area contributed by atoms with Crippen LogP contribution < -0.4 is 0 Å². The summed E-state index contributed by atoms with van der Waals surface area (Å²) in [4.78, 5) is 25.8. The maximum atomic E-state index is 12.6. The van der Waals surface area contributed by atoms with Gasteiger partial charge in [-0.25, -0.2) is 9.59 Å². The van der Waals surface area contributed by atoms with Crippen LogP contribution in [0.5, 0.6) is 0 Å². The number of carbonyl (C=O) groups is 2. The van der Waals surface area contributed by atoms with Crippen molar-refractivity contribution in [2.75, 3.05) is 7.11 Å². The fourth-order valence-corrected chi connectivity index (χ4v) is 2.90. The number of ether oxygens (including phenoxy) is 2. The van der Waals surface area contributed by atoms with Crippen molar-refractivity contribution in [3.8, 4) is 0 Å². The SMILES string of the molecule is COC1CCC(C(=O)O)(C(C)(C)C)N1C(=O)OC(C)(C)C. The predicted octanol–water partition coefficient (Wildman–Crippen LogP) is 2.86. The number of nitrogens with zero attached hydrogens (tertiary/aromatic N) is 1. The third-order valence-corrected chi connectivity index (χ3v) is 3.91. The van der Waals surface area contributed by atoms with Gasteiger partial charge in [-0.05, 0) is 39.0 Å². The molecule has 0 aliphatic carbocycles. The Morgan fingerprint density at radius 2 is 1.71 bits per heavy atom. The number of methoxy groups -OCH3 is 1. The molecule has 1 N–H and O–H groups in total. The monoisotopic (exact) mass is 301 g/mol. The highest BCUT2D eigenvalue weighted by Gasteiger charge is 2.61. The van der Waals surface area contributed by atoms with Crippen LogP contribution in [0.2, 0.25) is 0 Å². The smallest absolute Gasteiger partial charge is 0.413 e. The third-order valence-electron chi connectivity index (χ3n) is 3.91. The van der Waals surface area contributed by atoms with E-state index in [0.29, 0.717) is 12.8 Å². The summed E-state index contributed by atoms with van der Waals surface area (Å²) in [5.74, 6) is -1.03. The molecule has 1 saturated heterocycles. The minimum Gasteiger partial charge on any atom is -0.479 e. The van der Waals surface area contributed by atoms with E-state index in [1.54, 1.807) is 20.8 Å². The van der Waals surface area contributed by atoms with Gasteiger partial charge in [0.2, 0.25) is 0 Å². The number of carboxylic acid groups (broad SMARTS) is 1. The molecule has 1 heterocycles. The molecule has 0 radical (unpaired) electrons. The molecule has 1 rings (SSSR count). The van der Waals surface area contributed by atoms with Crippen LogP contribution in [0.3, 0.4) is 0 Å². The number of rotatable bonds is 2. The highest BCUT2D eigenvalue weighted by atomic mass is 16.6. The first-order valence-electron chi connectivity index (χ1n) is 7.15. The Morgan fingerprint density at radius 1 is 1.19 bits per heavy atom. The van der Waals surface area contributed by atoms with Gasteiger partial charge < -0.3 is 14.6 Å². The Morgan fingerprint density at radius 3 is 2.05 bits per heavy atom. The summed E-state index contributed by atoms with van der Waals surface area (Å²) in [5, 5.41) is 9.83. The van der Waals surface area contributed by atoms with Crippen LogP contribution in [0, 0.1) is 5.41 Å². The zero-order chi connectivity index (χ0) is 16.6. The molecule has 6 nitrogen and oxygen atoms in total. The Hall–Kier alpha value is -1.30. The molecular weight excluding hydrogens is 274 g/mol. The van der Waals surface area contributed by atoms with E-state index in [-0.39, 0.29) is 0 Å². The van der Waals surface area contributed by atoms with Crippen molar-refractivity contribution < 1.29 is 24.2 Å². The van der Waals surface area contributed by atoms with Crippen molar-refractivity contribution in [2.24, 2.45) is 5.41 Å². The van der Waals surface area contributed by atoms with Crippen molar-refractivity contribution >= 4 is 12.1 Å². The van der Waals surface area contributed by atoms with Crippen LogP contribution in [-0.2, 0) is 14.3 Å². The number of carboxylic acids is 1.